The molecule has 0 aliphatic rings. The smallest absolute Gasteiger partial charge is 0.248 e. The Hall–Kier alpha value is -1.99. The summed E-state index contributed by atoms with van der Waals surface area (Å²) in [6.45, 7) is 3.40. The van der Waals surface area contributed by atoms with Crippen LogP contribution in [0.2, 0.25) is 0 Å². The van der Waals surface area contributed by atoms with Crippen LogP contribution in [0.15, 0.2) is 55.3 Å². The molecular formula is C15H15N2OP. The number of hydrogen-bond donors (Lipinski definition) is 1. The predicted molar refractivity (Wildman–Crippen MR) is 81.9 cm³/mol. The highest BCUT2D eigenvalue weighted by Gasteiger charge is 2.01. The first kappa shape index (κ1) is 13.4. The van der Waals surface area contributed by atoms with E-state index in [1.807, 2.05) is 18.2 Å². The van der Waals surface area contributed by atoms with Gasteiger partial charge in [0, 0.05) is 11.8 Å². The van der Waals surface area contributed by atoms with Crippen LogP contribution >= 0.6 is 9.24 Å². The summed E-state index contributed by atoms with van der Waals surface area (Å²) >= 11 is 0. The lowest BCUT2D eigenvalue weighted by Crippen LogP contribution is -2.08. The fourth-order valence-corrected chi connectivity index (χ4v) is 1.95. The van der Waals surface area contributed by atoms with Crippen molar-refractivity contribution in [3.8, 4) is 11.1 Å². The molecule has 1 atom stereocenters. The van der Waals surface area contributed by atoms with Crippen molar-refractivity contribution in [2.75, 3.05) is 5.32 Å². The first-order chi connectivity index (χ1) is 9.22. The van der Waals surface area contributed by atoms with Gasteiger partial charge in [-0.1, -0.05) is 30.8 Å². The number of benzene rings is 1. The summed E-state index contributed by atoms with van der Waals surface area (Å²) in [7, 11) is 2.71. The van der Waals surface area contributed by atoms with Gasteiger partial charge in [0.2, 0.25) is 5.91 Å². The van der Waals surface area contributed by atoms with Crippen molar-refractivity contribution >= 4 is 21.0 Å². The summed E-state index contributed by atoms with van der Waals surface area (Å²) in [6, 6.07) is 12.0. The van der Waals surface area contributed by atoms with Gasteiger partial charge < -0.3 is 5.32 Å². The molecule has 1 aromatic heterocycles. The molecule has 19 heavy (non-hydrogen) atoms. The maximum atomic E-state index is 11.1. The molecule has 2 rings (SSSR count). The Balaban J connectivity index is 2.21. The molecule has 1 amide bonds. The van der Waals surface area contributed by atoms with Crippen molar-refractivity contribution in [3.63, 3.8) is 0 Å². The van der Waals surface area contributed by atoms with Crippen molar-refractivity contribution in [1.29, 1.82) is 0 Å². The van der Waals surface area contributed by atoms with E-state index in [0.29, 0.717) is 5.82 Å². The van der Waals surface area contributed by atoms with E-state index in [1.54, 1.807) is 12.3 Å². The van der Waals surface area contributed by atoms with Gasteiger partial charge in [0.1, 0.15) is 5.82 Å². The first-order valence-electron chi connectivity index (χ1n) is 5.92. The second kappa shape index (κ2) is 6.26. The van der Waals surface area contributed by atoms with Crippen LogP contribution in [0.25, 0.3) is 11.1 Å². The van der Waals surface area contributed by atoms with Gasteiger partial charge in [-0.05, 0) is 35.5 Å². The van der Waals surface area contributed by atoms with Crippen molar-refractivity contribution in [2.24, 2.45) is 0 Å². The van der Waals surface area contributed by atoms with Crippen LogP contribution in [0.1, 0.15) is 5.56 Å². The summed E-state index contributed by atoms with van der Waals surface area (Å²) in [5, 5.41) is 2.62. The lowest BCUT2D eigenvalue weighted by Gasteiger charge is -2.05. The maximum absolute atomic E-state index is 11.1. The molecule has 0 saturated carbocycles. The van der Waals surface area contributed by atoms with Crippen LogP contribution in [0.4, 0.5) is 5.82 Å². The molecule has 2 aromatic rings. The summed E-state index contributed by atoms with van der Waals surface area (Å²) in [4.78, 5) is 15.4. The summed E-state index contributed by atoms with van der Waals surface area (Å²) in [6.07, 6.45) is 3.90. The minimum absolute atomic E-state index is 0.259. The van der Waals surface area contributed by atoms with Gasteiger partial charge >= 0.3 is 0 Å². The van der Waals surface area contributed by atoms with Gasteiger partial charge in [-0.15, -0.1) is 9.24 Å². The molecule has 0 radical (unpaired) electrons. The summed E-state index contributed by atoms with van der Waals surface area (Å²) in [5.41, 5.74) is 3.40. The second-order valence-electron chi connectivity index (χ2n) is 4.03. The van der Waals surface area contributed by atoms with E-state index in [4.69, 9.17) is 0 Å². The fraction of sp³-hybridized carbons (Fsp3) is 0.0667. The third-order valence-electron chi connectivity index (χ3n) is 2.70. The Morgan fingerprint density at radius 3 is 2.79 bits per heavy atom. The zero-order valence-corrected chi connectivity index (χ0v) is 11.6. The van der Waals surface area contributed by atoms with Gasteiger partial charge in [-0.25, -0.2) is 4.98 Å². The maximum Gasteiger partial charge on any atom is 0.248 e. The van der Waals surface area contributed by atoms with Crippen LogP contribution in [0, 0.1) is 0 Å². The summed E-state index contributed by atoms with van der Waals surface area (Å²) < 4.78 is 0. The lowest BCUT2D eigenvalue weighted by molar-refractivity contribution is -0.111. The Morgan fingerprint density at radius 2 is 2.16 bits per heavy atom. The number of carbonyl (C=O) groups excluding carboxylic acids is 1. The molecule has 0 bridgehead atoms. The number of nitrogens with one attached hydrogen (secondary N) is 1. The molecule has 1 unspecified atom stereocenters. The number of rotatable bonds is 4. The van der Waals surface area contributed by atoms with E-state index >= 15 is 0 Å². The van der Waals surface area contributed by atoms with Crippen molar-refractivity contribution in [2.45, 2.75) is 6.16 Å². The molecule has 0 spiro atoms. The minimum Gasteiger partial charge on any atom is -0.307 e. The van der Waals surface area contributed by atoms with E-state index < -0.39 is 0 Å². The van der Waals surface area contributed by atoms with E-state index in [1.165, 1.54) is 11.6 Å². The van der Waals surface area contributed by atoms with Gasteiger partial charge in [-0.2, -0.15) is 0 Å². The molecule has 0 saturated heterocycles. The Morgan fingerprint density at radius 1 is 1.32 bits per heavy atom. The Labute approximate surface area is 115 Å². The van der Waals surface area contributed by atoms with E-state index in [9.17, 15) is 4.79 Å². The minimum atomic E-state index is -0.259. The van der Waals surface area contributed by atoms with Crippen LogP contribution in [-0.2, 0) is 11.0 Å². The lowest BCUT2D eigenvalue weighted by atomic mass is 10.1. The van der Waals surface area contributed by atoms with Crippen molar-refractivity contribution < 1.29 is 4.79 Å². The normalized spacial score (nSPS) is 9.95. The molecule has 1 N–H and O–H groups in total. The Kier molecular flexibility index (Phi) is 4.43. The number of pyridine rings is 1. The van der Waals surface area contributed by atoms with Crippen LogP contribution in [-0.4, -0.2) is 10.9 Å². The first-order valence-corrected chi connectivity index (χ1v) is 6.73. The zero-order chi connectivity index (χ0) is 13.7. The van der Waals surface area contributed by atoms with Crippen LogP contribution in [0.5, 0.6) is 0 Å². The fourth-order valence-electron chi connectivity index (χ4n) is 1.69. The van der Waals surface area contributed by atoms with Crippen molar-refractivity contribution in [1.82, 2.24) is 4.98 Å². The number of aromatic nitrogens is 1. The standard InChI is InChI=1S/C15H15N2OP/c1-2-15(18)17-14-7-6-13(9-16-14)12-5-3-4-11(8-12)10-19/h2-9H,1,10,19H2,(H,16,17,18). The highest BCUT2D eigenvalue weighted by atomic mass is 31.0. The molecule has 0 fully saturated rings. The molecule has 96 valence electrons. The molecule has 3 nitrogen and oxygen atoms in total. The van der Waals surface area contributed by atoms with Gasteiger partial charge in [0.05, 0.1) is 0 Å². The summed E-state index contributed by atoms with van der Waals surface area (Å²) in [5.74, 6) is 0.265. The third-order valence-corrected chi connectivity index (χ3v) is 3.17. The van der Waals surface area contributed by atoms with Gasteiger partial charge in [-0.3, -0.25) is 4.79 Å². The van der Waals surface area contributed by atoms with Gasteiger partial charge in [0.25, 0.3) is 0 Å². The molecule has 4 heteroatoms. The second-order valence-corrected chi connectivity index (χ2v) is 4.44. The third kappa shape index (κ3) is 3.49. The number of carbonyl (C=O) groups is 1. The van der Waals surface area contributed by atoms with Gasteiger partial charge in [0.15, 0.2) is 0 Å². The van der Waals surface area contributed by atoms with Crippen LogP contribution < -0.4 is 5.32 Å². The highest BCUT2D eigenvalue weighted by molar-refractivity contribution is 7.15. The predicted octanol–water partition coefficient (Wildman–Crippen LogP) is 3.25. The quantitative estimate of drug-likeness (QED) is 0.684. The largest absolute Gasteiger partial charge is 0.307 e. The number of anilines is 1. The number of hydrogen-bond acceptors (Lipinski definition) is 2. The highest BCUT2D eigenvalue weighted by Crippen LogP contribution is 2.21. The molecule has 0 aliphatic carbocycles. The van der Waals surface area contributed by atoms with Crippen molar-refractivity contribution in [3.05, 3.63) is 60.8 Å². The molecule has 1 heterocycles. The average molecular weight is 270 g/mol. The van der Waals surface area contributed by atoms with E-state index in [2.05, 4.69) is 38.3 Å². The molecule has 1 aromatic carbocycles. The average Bonchev–Trinajstić information content (AvgIpc) is 2.48. The van der Waals surface area contributed by atoms with Crippen LogP contribution in [0.3, 0.4) is 0 Å². The zero-order valence-electron chi connectivity index (χ0n) is 10.5. The number of nitrogens with zero attached hydrogens (tertiary/aromatic N) is 1. The van der Waals surface area contributed by atoms with E-state index in [0.717, 1.165) is 17.3 Å². The van der Waals surface area contributed by atoms with E-state index in [-0.39, 0.29) is 5.91 Å². The SMILES string of the molecule is C=CC(=O)Nc1ccc(-c2cccc(CP)c2)cn1. The molecular weight excluding hydrogens is 255 g/mol. The topological polar surface area (TPSA) is 42.0 Å². The number of amides is 1. The molecule has 0 aliphatic heterocycles. The Bertz CT molecular complexity index is 593. The monoisotopic (exact) mass is 270 g/mol.